The van der Waals surface area contributed by atoms with E-state index in [1.165, 1.54) is 0 Å². The van der Waals surface area contributed by atoms with E-state index in [-0.39, 0.29) is 18.2 Å². The molecule has 8 nitrogen and oxygen atoms in total. The van der Waals surface area contributed by atoms with Gasteiger partial charge in [-0.15, -0.1) is 5.10 Å². The molecule has 0 radical (unpaired) electrons. The average molecular weight is 406 g/mol. The number of carbonyl (C=O) groups is 1. The van der Waals surface area contributed by atoms with Crippen molar-refractivity contribution >= 4 is 28.5 Å². The maximum atomic E-state index is 12.5. The molecule has 2 fully saturated rings. The summed E-state index contributed by atoms with van der Waals surface area (Å²) in [5.41, 5.74) is 8.47. The Balaban J connectivity index is 1.38. The van der Waals surface area contributed by atoms with Crippen molar-refractivity contribution in [2.24, 2.45) is 0 Å². The van der Waals surface area contributed by atoms with Gasteiger partial charge in [-0.25, -0.2) is 9.48 Å². The van der Waals surface area contributed by atoms with Crippen LogP contribution in [0, 0.1) is 0 Å². The third kappa shape index (κ3) is 3.12. The number of pyridine rings is 1. The minimum Gasteiger partial charge on any atom is -0.444 e. The maximum Gasteiger partial charge on any atom is 0.410 e. The quantitative estimate of drug-likeness (QED) is 0.703. The van der Waals surface area contributed by atoms with Crippen molar-refractivity contribution in [3.8, 4) is 5.69 Å². The molecule has 1 aromatic carbocycles. The molecule has 3 aromatic rings. The molecule has 0 unspecified atom stereocenters. The highest BCUT2D eigenvalue weighted by atomic mass is 16.6. The molecule has 156 valence electrons. The fraction of sp³-hybridized carbons (Fsp3) is 0.409. The highest BCUT2D eigenvalue weighted by Gasteiger charge is 2.46. The molecule has 2 N–H and O–H groups in total. The number of para-hydroxylation sites is 1. The Labute approximate surface area is 175 Å². The molecule has 0 aliphatic carbocycles. The zero-order valence-corrected chi connectivity index (χ0v) is 17.4. The first-order chi connectivity index (χ1) is 14.3. The van der Waals surface area contributed by atoms with Crippen molar-refractivity contribution in [3.05, 3.63) is 42.7 Å². The van der Waals surface area contributed by atoms with Gasteiger partial charge in [-0.3, -0.25) is 4.98 Å². The molecule has 4 heterocycles. The molecular formula is C22H26N6O2. The monoisotopic (exact) mass is 406 g/mol. The lowest BCUT2D eigenvalue weighted by molar-refractivity contribution is 0.0214. The first kappa shape index (κ1) is 18.7. The van der Waals surface area contributed by atoms with Gasteiger partial charge in [0, 0.05) is 24.5 Å². The van der Waals surface area contributed by atoms with Crippen LogP contribution in [0.3, 0.4) is 0 Å². The van der Waals surface area contributed by atoms with Crippen LogP contribution in [0.15, 0.2) is 42.7 Å². The molecule has 2 aromatic heterocycles. The summed E-state index contributed by atoms with van der Waals surface area (Å²) < 4.78 is 7.40. The zero-order valence-electron chi connectivity index (χ0n) is 17.4. The molecule has 0 spiro atoms. The number of nitrogen functional groups attached to an aromatic ring is 1. The van der Waals surface area contributed by atoms with Gasteiger partial charge in [0.1, 0.15) is 5.60 Å². The predicted octanol–water partition coefficient (Wildman–Crippen LogP) is 3.20. The number of hydrogen-bond acceptors (Lipinski definition) is 6. The second-order valence-electron chi connectivity index (χ2n) is 9.04. The van der Waals surface area contributed by atoms with E-state index in [0.29, 0.717) is 12.4 Å². The molecule has 2 aliphatic rings. The summed E-state index contributed by atoms with van der Waals surface area (Å²) in [7, 11) is 0. The van der Waals surface area contributed by atoms with E-state index in [1.807, 2.05) is 60.8 Å². The Kier molecular flexibility index (Phi) is 4.13. The van der Waals surface area contributed by atoms with Crippen molar-refractivity contribution < 1.29 is 9.53 Å². The molecule has 2 atom stereocenters. The number of rotatable bonds is 2. The maximum absolute atomic E-state index is 12.5. The topological polar surface area (TPSA) is 89.5 Å². The van der Waals surface area contributed by atoms with Crippen LogP contribution in [0.25, 0.3) is 16.6 Å². The highest BCUT2D eigenvalue weighted by Crippen LogP contribution is 2.36. The largest absolute Gasteiger partial charge is 0.444 e. The van der Waals surface area contributed by atoms with Gasteiger partial charge in [0.05, 0.1) is 35.3 Å². The molecule has 8 heteroatoms. The minimum atomic E-state index is -0.481. The van der Waals surface area contributed by atoms with E-state index in [4.69, 9.17) is 10.5 Å². The summed E-state index contributed by atoms with van der Waals surface area (Å²) in [4.78, 5) is 21.2. The van der Waals surface area contributed by atoms with Gasteiger partial charge in [0.2, 0.25) is 0 Å². The second-order valence-corrected chi connectivity index (χ2v) is 9.04. The van der Waals surface area contributed by atoms with Crippen LogP contribution in [-0.2, 0) is 4.74 Å². The van der Waals surface area contributed by atoms with Crippen LogP contribution in [-0.4, -0.2) is 56.5 Å². The average Bonchev–Trinajstić information content (AvgIpc) is 3.40. The number of piperazine rings is 1. The Hall–Kier alpha value is -3.29. The molecule has 0 saturated carbocycles. The Morgan fingerprint density at radius 2 is 1.90 bits per heavy atom. The summed E-state index contributed by atoms with van der Waals surface area (Å²) in [6.07, 6.45) is 4.39. The van der Waals surface area contributed by atoms with E-state index < -0.39 is 5.60 Å². The number of likely N-dealkylation sites (tertiary alicyclic amines) is 1. The fourth-order valence-electron chi connectivity index (χ4n) is 4.50. The zero-order chi connectivity index (χ0) is 21.0. The number of carbonyl (C=O) groups excluding carboxylic acids is 1. The third-order valence-corrected chi connectivity index (χ3v) is 5.77. The number of benzene rings is 1. The van der Waals surface area contributed by atoms with Gasteiger partial charge >= 0.3 is 6.09 Å². The van der Waals surface area contributed by atoms with Crippen LogP contribution < -0.4 is 10.6 Å². The van der Waals surface area contributed by atoms with E-state index >= 15 is 0 Å². The molecule has 30 heavy (non-hydrogen) atoms. The third-order valence-electron chi connectivity index (χ3n) is 5.77. The summed E-state index contributed by atoms with van der Waals surface area (Å²) in [6.45, 7) is 7.13. The van der Waals surface area contributed by atoms with Gasteiger partial charge in [0.25, 0.3) is 0 Å². The highest BCUT2D eigenvalue weighted by molar-refractivity contribution is 5.90. The van der Waals surface area contributed by atoms with Crippen LogP contribution in [0.1, 0.15) is 27.2 Å². The van der Waals surface area contributed by atoms with Crippen molar-refractivity contribution in [2.45, 2.75) is 44.9 Å². The Morgan fingerprint density at radius 1 is 1.13 bits per heavy atom. The number of hydrogen-bond donors (Lipinski definition) is 1. The fourth-order valence-corrected chi connectivity index (χ4v) is 4.50. The first-order valence-corrected chi connectivity index (χ1v) is 10.2. The minimum absolute atomic E-state index is 0.162. The molecule has 1 amide bonds. The van der Waals surface area contributed by atoms with Crippen LogP contribution in [0.5, 0.6) is 0 Å². The van der Waals surface area contributed by atoms with Crippen molar-refractivity contribution in [3.63, 3.8) is 0 Å². The molecule has 2 bridgehead atoms. The van der Waals surface area contributed by atoms with E-state index in [2.05, 4.69) is 21.0 Å². The van der Waals surface area contributed by atoms with Gasteiger partial charge < -0.3 is 20.3 Å². The lowest BCUT2D eigenvalue weighted by atomic mass is 10.2. The van der Waals surface area contributed by atoms with Gasteiger partial charge in [-0.1, -0.05) is 12.1 Å². The van der Waals surface area contributed by atoms with Gasteiger partial charge in [-0.05, 0) is 45.4 Å². The Bertz CT molecular complexity index is 1120. The summed E-state index contributed by atoms with van der Waals surface area (Å²) in [5.74, 6) is 0.504. The summed E-state index contributed by atoms with van der Waals surface area (Å²) in [5, 5.41) is 5.44. The lowest BCUT2D eigenvalue weighted by Gasteiger charge is -2.36. The molecular weight excluding hydrogens is 380 g/mol. The normalized spacial score (nSPS) is 20.9. The number of fused-ring (bicyclic) bond motifs is 3. The number of aromatic nitrogens is 3. The van der Waals surface area contributed by atoms with Gasteiger partial charge in [0.15, 0.2) is 5.82 Å². The number of nitrogens with zero attached hydrogens (tertiary/aromatic N) is 5. The Morgan fingerprint density at radius 3 is 2.63 bits per heavy atom. The van der Waals surface area contributed by atoms with Crippen molar-refractivity contribution in [2.75, 3.05) is 23.7 Å². The van der Waals surface area contributed by atoms with Crippen molar-refractivity contribution in [1.29, 1.82) is 0 Å². The standard InChI is InChI=1S/C22H26N6O2/c1-22(2,3)30-21(29)27-13-16-9-17(27)12-26(16)14-8-15(11-24-10-14)28-19-7-5-4-6-18(19)20(23)25-28/h4-8,10-11,16-17H,9,12-13H2,1-3H3,(H2,23,25)/t16-,17-/m0/s1. The summed E-state index contributed by atoms with van der Waals surface area (Å²) >= 11 is 0. The van der Waals surface area contributed by atoms with Crippen LogP contribution >= 0.6 is 0 Å². The number of nitrogens with two attached hydrogens (primary N) is 1. The van der Waals surface area contributed by atoms with E-state index in [0.717, 1.165) is 35.2 Å². The van der Waals surface area contributed by atoms with Crippen LogP contribution in [0.4, 0.5) is 16.3 Å². The van der Waals surface area contributed by atoms with Crippen LogP contribution in [0.2, 0.25) is 0 Å². The summed E-state index contributed by atoms with van der Waals surface area (Å²) in [6, 6.07) is 10.4. The number of amides is 1. The van der Waals surface area contributed by atoms with Gasteiger partial charge in [-0.2, -0.15) is 0 Å². The smallest absolute Gasteiger partial charge is 0.410 e. The SMILES string of the molecule is CC(C)(C)OC(=O)N1C[C@@H]2C[C@H]1CN2c1cncc(-n2nc(N)c3ccccc32)c1. The predicted molar refractivity (Wildman–Crippen MR) is 116 cm³/mol. The number of anilines is 2. The first-order valence-electron chi connectivity index (χ1n) is 10.2. The van der Waals surface area contributed by atoms with E-state index in [1.54, 1.807) is 6.20 Å². The lowest BCUT2D eigenvalue weighted by Crippen LogP contribution is -2.50. The van der Waals surface area contributed by atoms with Crippen molar-refractivity contribution in [1.82, 2.24) is 19.7 Å². The molecule has 5 rings (SSSR count). The number of ether oxygens (including phenoxy) is 1. The molecule has 2 saturated heterocycles. The second kappa shape index (κ2) is 6.62. The molecule has 2 aliphatic heterocycles. The van der Waals surface area contributed by atoms with E-state index in [9.17, 15) is 4.79 Å².